The van der Waals surface area contributed by atoms with E-state index in [9.17, 15) is 8.78 Å². The zero-order valence-corrected chi connectivity index (χ0v) is 10.6. The summed E-state index contributed by atoms with van der Waals surface area (Å²) < 4.78 is 27.7. The zero-order valence-electron chi connectivity index (χ0n) is 9.85. The van der Waals surface area contributed by atoms with Crippen LogP contribution in [0, 0.1) is 17.6 Å². The summed E-state index contributed by atoms with van der Waals surface area (Å²) in [5, 5.41) is 0. The molecule has 1 aliphatic rings. The van der Waals surface area contributed by atoms with E-state index >= 15 is 0 Å². The Morgan fingerprint density at radius 1 is 1.29 bits per heavy atom. The predicted octanol–water partition coefficient (Wildman–Crippen LogP) is 3.94. The first-order valence-electron chi connectivity index (χ1n) is 5.94. The molecule has 0 unspecified atom stereocenters. The van der Waals surface area contributed by atoms with Crippen LogP contribution < -0.4 is 4.90 Å². The summed E-state index contributed by atoms with van der Waals surface area (Å²) in [5.41, 5.74) is 0.571. The largest absolute Gasteiger partial charge is 0.367 e. The monoisotopic (exact) mass is 259 g/mol. The number of benzene rings is 1. The molecule has 1 aromatic carbocycles. The first-order chi connectivity index (χ1) is 8.15. The van der Waals surface area contributed by atoms with Crippen LogP contribution in [-0.2, 0) is 5.88 Å². The van der Waals surface area contributed by atoms with Crippen LogP contribution in [0.3, 0.4) is 0 Å². The van der Waals surface area contributed by atoms with Crippen LogP contribution in [0.1, 0.15) is 25.3 Å². The van der Waals surface area contributed by atoms with Gasteiger partial charge < -0.3 is 4.90 Å². The second-order valence-electron chi connectivity index (χ2n) is 4.52. The van der Waals surface area contributed by atoms with Gasteiger partial charge >= 0.3 is 0 Å². The highest BCUT2D eigenvalue weighted by molar-refractivity contribution is 6.17. The molecule has 94 valence electrons. The second kappa shape index (κ2) is 5.21. The average Bonchev–Trinajstić information content (AvgIpc) is 3.10. The molecule has 17 heavy (non-hydrogen) atoms. The molecular weight excluding hydrogens is 244 g/mol. The number of hydrogen-bond acceptors (Lipinski definition) is 1. The molecule has 4 heteroatoms. The summed E-state index contributed by atoms with van der Waals surface area (Å²) in [6.45, 7) is 3.27. The summed E-state index contributed by atoms with van der Waals surface area (Å²) in [4.78, 5) is 1.78. The first kappa shape index (κ1) is 12.6. The highest BCUT2D eigenvalue weighted by Gasteiger charge is 2.26. The Bertz CT molecular complexity index is 381. The molecule has 0 bridgehead atoms. The van der Waals surface area contributed by atoms with Gasteiger partial charge in [0.25, 0.3) is 0 Å². The highest BCUT2D eigenvalue weighted by atomic mass is 35.5. The third-order valence-corrected chi connectivity index (χ3v) is 3.41. The van der Waals surface area contributed by atoms with E-state index in [0.717, 1.165) is 6.54 Å². The number of halogens is 3. The lowest BCUT2D eigenvalue weighted by Crippen LogP contribution is -2.27. The lowest BCUT2D eigenvalue weighted by Gasteiger charge is -2.24. The minimum Gasteiger partial charge on any atom is -0.367 e. The molecule has 1 aromatic rings. The summed E-state index contributed by atoms with van der Waals surface area (Å²) in [6, 6.07) is 2.64. The van der Waals surface area contributed by atoms with Crippen molar-refractivity contribution in [1.82, 2.24) is 0 Å². The van der Waals surface area contributed by atoms with Gasteiger partial charge in [-0.1, -0.05) is 0 Å². The maximum atomic E-state index is 13.9. The van der Waals surface area contributed by atoms with E-state index < -0.39 is 11.6 Å². The van der Waals surface area contributed by atoms with Gasteiger partial charge in [0.2, 0.25) is 0 Å². The van der Waals surface area contributed by atoms with Gasteiger partial charge in [-0.2, -0.15) is 0 Å². The second-order valence-corrected chi connectivity index (χ2v) is 4.79. The number of anilines is 1. The third kappa shape index (κ3) is 2.89. The minimum absolute atomic E-state index is 0.0910. The van der Waals surface area contributed by atoms with Crippen molar-refractivity contribution in [3.05, 3.63) is 29.3 Å². The van der Waals surface area contributed by atoms with Gasteiger partial charge in [0.1, 0.15) is 17.3 Å². The van der Waals surface area contributed by atoms with Crippen LogP contribution in [0.5, 0.6) is 0 Å². The molecular formula is C13H16ClF2N. The van der Waals surface area contributed by atoms with Crippen LogP contribution in [0.25, 0.3) is 0 Å². The van der Waals surface area contributed by atoms with Crippen LogP contribution >= 0.6 is 11.6 Å². The fourth-order valence-electron chi connectivity index (χ4n) is 1.99. The quantitative estimate of drug-likeness (QED) is 0.724. The smallest absolute Gasteiger partial charge is 0.149 e. The van der Waals surface area contributed by atoms with E-state index in [4.69, 9.17) is 11.6 Å². The highest BCUT2D eigenvalue weighted by Crippen LogP contribution is 2.33. The Morgan fingerprint density at radius 2 is 1.88 bits per heavy atom. The van der Waals surface area contributed by atoms with Crippen LogP contribution in [-0.4, -0.2) is 13.1 Å². The standard InChI is InChI=1S/C13H16ClF2N/c1-2-17(8-9-3-4-9)13-11(15)5-10(7-14)6-12(13)16/h5-6,9H,2-4,7-8H2,1H3. The topological polar surface area (TPSA) is 3.24 Å². The summed E-state index contributed by atoms with van der Waals surface area (Å²) in [5.74, 6) is -0.296. The zero-order chi connectivity index (χ0) is 12.4. The van der Waals surface area contributed by atoms with E-state index in [2.05, 4.69) is 0 Å². The van der Waals surface area contributed by atoms with Crippen molar-refractivity contribution >= 4 is 17.3 Å². The normalized spacial score (nSPS) is 15.1. The van der Waals surface area contributed by atoms with Crippen molar-refractivity contribution in [3.63, 3.8) is 0 Å². The molecule has 0 atom stereocenters. The van der Waals surface area contributed by atoms with Gasteiger partial charge in [0.15, 0.2) is 0 Å². The predicted molar refractivity (Wildman–Crippen MR) is 66.5 cm³/mol. The van der Waals surface area contributed by atoms with Gasteiger partial charge in [-0.3, -0.25) is 0 Å². The van der Waals surface area contributed by atoms with E-state index in [1.807, 2.05) is 6.92 Å². The molecule has 0 spiro atoms. The van der Waals surface area contributed by atoms with Crippen molar-refractivity contribution < 1.29 is 8.78 Å². The van der Waals surface area contributed by atoms with Gasteiger partial charge in [-0.05, 0) is 43.4 Å². The molecule has 0 aromatic heterocycles. The fraction of sp³-hybridized carbons (Fsp3) is 0.538. The van der Waals surface area contributed by atoms with Gasteiger partial charge in [0, 0.05) is 19.0 Å². The van der Waals surface area contributed by atoms with Crippen molar-refractivity contribution in [3.8, 4) is 0 Å². The minimum atomic E-state index is -0.511. The van der Waals surface area contributed by atoms with E-state index in [-0.39, 0.29) is 11.6 Å². The molecule has 0 N–H and O–H groups in total. The molecule has 1 fully saturated rings. The summed E-state index contributed by atoms with van der Waals surface area (Å²) >= 11 is 5.58. The van der Waals surface area contributed by atoms with Gasteiger partial charge in [0.05, 0.1) is 0 Å². The Hall–Kier alpha value is -0.830. The molecule has 2 rings (SSSR count). The molecule has 0 amide bonds. The van der Waals surface area contributed by atoms with Crippen LogP contribution in [0.15, 0.2) is 12.1 Å². The average molecular weight is 260 g/mol. The summed E-state index contributed by atoms with van der Waals surface area (Å²) in [6.07, 6.45) is 2.33. The lowest BCUT2D eigenvalue weighted by atomic mass is 10.2. The molecule has 1 nitrogen and oxygen atoms in total. The molecule has 0 heterocycles. The number of hydrogen-bond donors (Lipinski definition) is 0. The SMILES string of the molecule is CCN(CC1CC1)c1c(F)cc(CCl)cc1F. The number of rotatable bonds is 5. The number of nitrogens with zero attached hydrogens (tertiary/aromatic N) is 1. The van der Waals surface area contributed by atoms with Crippen molar-refractivity contribution in [1.29, 1.82) is 0 Å². The molecule has 1 aliphatic carbocycles. The molecule has 0 aliphatic heterocycles. The Morgan fingerprint density at radius 3 is 2.29 bits per heavy atom. The van der Waals surface area contributed by atoms with E-state index in [1.54, 1.807) is 4.90 Å². The van der Waals surface area contributed by atoms with Crippen molar-refractivity contribution in [2.75, 3.05) is 18.0 Å². The summed E-state index contributed by atoms with van der Waals surface area (Å²) in [7, 11) is 0. The third-order valence-electron chi connectivity index (χ3n) is 3.10. The fourth-order valence-corrected chi connectivity index (χ4v) is 2.14. The van der Waals surface area contributed by atoms with Gasteiger partial charge in [-0.25, -0.2) is 8.78 Å². The molecule has 0 radical (unpaired) electrons. The molecule has 0 saturated heterocycles. The molecule has 1 saturated carbocycles. The first-order valence-corrected chi connectivity index (χ1v) is 6.48. The lowest BCUT2D eigenvalue weighted by molar-refractivity contribution is 0.565. The Labute approximate surface area is 105 Å². The Balaban J connectivity index is 2.28. The van der Waals surface area contributed by atoms with Crippen molar-refractivity contribution in [2.24, 2.45) is 5.92 Å². The van der Waals surface area contributed by atoms with E-state index in [0.29, 0.717) is 18.0 Å². The van der Waals surface area contributed by atoms with Crippen LogP contribution in [0.4, 0.5) is 14.5 Å². The number of alkyl halides is 1. The van der Waals surface area contributed by atoms with Crippen LogP contribution in [0.2, 0.25) is 0 Å². The van der Waals surface area contributed by atoms with Crippen molar-refractivity contribution in [2.45, 2.75) is 25.6 Å². The van der Waals surface area contributed by atoms with Gasteiger partial charge in [-0.15, -0.1) is 11.6 Å². The van der Waals surface area contributed by atoms with E-state index in [1.165, 1.54) is 25.0 Å². The maximum absolute atomic E-state index is 13.9. The maximum Gasteiger partial charge on any atom is 0.149 e. The Kier molecular flexibility index (Phi) is 3.87.